The Morgan fingerprint density at radius 1 is 1.32 bits per heavy atom. The first-order chi connectivity index (χ1) is 9.04. The van der Waals surface area contributed by atoms with Gasteiger partial charge in [-0.3, -0.25) is 0 Å². The van der Waals surface area contributed by atoms with Gasteiger partial charge in [-0.2, -0.15) is 5.10 Å². The molecule has 0 aliphatic rings. The van der Waals surface area contributed by atoms with E-state index in [1.807, 2.05) is 32.2 Å². The Morgan fingerprint density at radius 2 is 1.95 bits per heavy atom. The van der Waals surface area contributed by atoms with Gasteiger partial charge in [0.05, 0.1) is 24.1 Å². The summed E-state index contributed by atoms with van der Waals surface area (Å²) in [6.07, 6.45) is 0. The van der Waals surface area contributed by atoms with Crippen molar-refractivity contribution < 1.29 is 4.74 Å². The number of aryl methyl sites for hydroxylation is 2. The first-order valence-corrected chi connectivity index (χ1v) is 7.37. The van der Waals surface area contributed by atoms with Gasteiger partial charge in [-0.15, -0.1) is 0 Å². The first kappa shape index (κ1) is 14.4. The lowest BCUT2D eigenvalue weighted by atomic mass is 10.2. The molecular weight excluding hydrogens is 374 g/mol. The average Bonchev–Trinajstić information content (AvgIpc) is 2.63. The summed E-state index contributed by atoms with van der Waals surface area (Å²) >= 11 is 7.07. The summed E-state index contributed by atoms with van der Waals surface area (Å²) in [5.41, 5.74) is 3.05. The van der Waals surface area contributed by atoms with E-state index in [4.69, 9.17) is 4.74 Å². The van der Waals surface area contributed by atoms with Crippen molar-refractivity contribution in [2.75, 3.05) is 12.4 Å². The molecule has 1 N–H and O–H groups in total. The van der Waals surface area contributed by atoms with E-state index in [1.54, 1.807) is 11.8 Å². The topological polar surface area (TPSA) is 39.1 Å². The van der Waals surface area contributed by atoms with Crippen LogP contribution in [0.2, 0.25) is 0 Å². The van der Waals surface area contributed by atoms with Crippen LogP contribution in [0.5, 0.6) is 5.88 Å². The quantitative estimate of drug-likeness (QED) is 0.863. The molecule has 0 amide bonds. The zero-order chi connectivity index (χ0) is 14.0. The van der Waals surface area contributed by atoms with Crippen molar-refractivity contribution in [1.82, 2.24) is 9.78 Å². The number of aromatic nitrogens is 2. The Morgan fingerprint density at radius 3 is 2.53 bits per heavy atom. The molecule has 2 aromatic rings. The minimum Gasteiger partial charge on any atom is -0.481 e. The van der Waals surface area contributed by atoms with Crippen LogP contribution in [0.3, 0.4) is 0 Å². The second kappa shape index (κ2) is 5.96. The first-order valence-electron chi connectivity index (χ1n) is 5.79. The number of ether oxygens (including phenoxy) is 1. The standard InChI is InChI=1S/C13H15Br2N3O/c1-8-9(13(19-3)18(2)17-8)7-16-12-10(14)5-4-6-11(12)15/h4-6,16H,7H2,1-3H3. The van der Waals surface area contributed by atoms with Gasteiger partial charge in [-0.1, -0.05) is 6.07 Å². The molecule has 1 aromatic carbocycles. The summed E-state index contributed by atoms with van der Waals surface area (Å²) in [7, 11) is 3.54. The minimum atomic E-state index is 0.657. The van der Waals surface area contributed by atoms with Crippen LogP contribution in [0.1, 0.15) is 11.3 Å². The largest absolute Gasteiger partial charge is 0.481 e. The smallest absolute Gasteiger partial charge is 0.216 e. The lowest BCUT2D eigenvalue weighted by Crippen LogP contribution is -2.04. The molecular formula is C13H15Br2N3O. The molecule has 6 heteroatoms. The van der Waals surface area contributed by atoms with Crippen molar-refractivity contribution in [1.29, 1.82) is 0 Å². The molecule has 0 radical (unpaired) electrons. The Bertz CT molecular complexity index is 576. The molecule has 0 spiro atoms. The summed E-state index contributed by atoms with van der Waals surface area (Å²) in [6, 6.07) is 5.98. The predicted octanol–water partition coefficient (Wildman–Crippen LogP) is 3.87. The fourth-order valence-electron chi connectivity index (χ4n) is 1.98. The lowest BCUT2D eigenvalue weighted by Gasteiger charge is -2.11. The van der Waals surface area contributed by atoms with Crippen LogP contribution in [0.25, 0.3) is 0 Å². The van der Waals surface area contributed by atoms with Crippen LogP contribution in [0, 0.1) is 6.92 Å². The van der Waals surface area contributed by atoms with Crippen LogP contribution in [-0.2, 0) is 13.6 Å². The number of para-hydroxylation sites is 1. The molecule has 1 aromatic heterocycles. The number of methoxy groups -OCH3 is 1. The van der Waals surface area contributed by atoms with Gasteiger partial charge < -0.3 is 10.1 Å². The van der Waals surface area contributed by atoms with Crippen LogP contribution in [0.4, 0.5) is 5.69 Å². The fraction of sp³-hybridized carbons (Fsp3) is 0.308. The second-order valence-electron chi connectivity index (χ2n) is 4.15. The molecule has 0 saturated carbocycles. The lowest BCUT2D eigenvalue weighted by molar-refractivity contribution is 0.370. The van der Waals surface area contributed by atoms with Crippen molar-refractivity contribution in [3.8, 4) is 5.88 Å². The van der Waals surface area contributed by atoms with Crippen LogP contribution in [-0.4, -0.2) is 16.9 Å². The SMILES string of the molecule is COc1c(CNc2c(Br)cccc2Br)c(C)nn1C. The van der Waals surface area contributed by atoms with Gasteiger partial charge in [0, 0.05) is 22.5 Å². The van der Waals surface area contributed by atoms with Crippen LogP contribution in [0.15, 0.2) is 27.1 Å². The molecule has 0 saturated heterocycles. The Balaban J connectivity index is 2.24. The highest BCUT2D eigenvalue weighted by molar-refractivity contribution is 9.11. The molecule has 0 aliphatic carbocycles. The van der Waals surface area contributed by atoms with Crippen molar-refractivity contribution in [2.24, 2.45) is 7.05 Å². The summed E-state index contributed by atoms with van der Waals surface area (Å²) in [4.78, 5) is 0. The van der Waals surface area contributed by atoms with E-state index < -0.39 is 0 Å². The average molecular weight is 389 g/mol. The number of nitrogens with one attached hydrogen (secondary N) is 1. The van der Waals surface area contributed by atoms with E-state index in [1.165, 1.54) is 0 Å². The summed E-state index contributed by atoms with van der Waals surface area (Å²) in [6.45, 7) is 2.64. The van der Waals surface area contributed by atoms with Gasteiger partial charge in [0.15, 0.2) is 0 Å². The maximum Gasteiger partial charge on any atom is 0.216 e. The Kier molecular flexibility index (Phi) is 4.52. The number of nitrogens with zero attached hydrogens (tertiary/aromatic N) is 2. The summed E-state index contributed by atoms with van der Waals surface area (Å²) in [5.74, 6) is 0.785. The molecule has 4 nitrogen and oxygen atoms in total. The molecule has 1 heterocycles. The van der Waals surface area contributed by atoms with Gasteiger partial charge >= 0.3 is 0 Å². The second-order valence-corrected chi connectivity index (χ2v) is 5.86. The van der Waals surface area contributed by atoms with E-state index in [0.717, 1.165) is 31.8 Å². The van der Waals surface area contributed by atoms with E-state index >= 15 is 0 Å². The highest BCUT2D eigenvalue weighted by Crippen LogP contribution is 2.32. The zero-order valence-corrected chi connectivity index (χ0v) is 14.2. The predicted molar refractivity (Wildman–Crippen MR) is 83.7 cm³/mol. The molecule has 0 bridgehead atoms. The molecule has 0 atom stereocenters. The summed E-state index contributed by atoms with van der Waals surface area (Å²) < 4.78 is 9.17. The molecule has 19 heavy (non-hydrogen) atoms. The molecule has 102 valence electrons. The van der Waals surface area contributed by atoms with Crippen molar-refractivity contribution in [3.63, 3.8) is 0 Å². The third kappa shape index (κ3) is 2.95. The number of hydrogen-bond acceptors (Lipinski definition) is 3. The van der Waals surface area contributed by atoms with E-state index in [2.05, 4.69) is 42.3 Å². The van der Waals surface area contributed by atoms with E-state index in [0.29, 0.717) is 6.54 Å². The van der Waals surface area contributed by atoms with Crippen LogP contribution >= 0.6 is 31.9 Å². The normalized spacial score (nSPS) is 10.6. The van der Waals surface area contributed by atoms with Gasteiger partial charge in [0.1, 0.15) is 0 Å². The fourth-order valence-corrected chi connectivity index (χ4v) is 3.26. The number of hydrogen-bond donors (Lipinski definition) is 1. The summed E-state index contributed by atoms with van der Waals surface area (Å²) in [5, 5.41) is 7.77. The van der Waals surface area contributed by atoms with E-state index in [9.17, 15) is 0 Å². The maximum absolute atomic E-state index is 5.38. The Hall–Kier alpha value is -1.01. The number of benzene rings is 1. The molecule has 0 fully saturated rings. The zero-order valence-electron chi connectivity index (χ0n) is 11.0. The third-order valence-electron chi connectivity index (χ3n) is 2.89. The molecule has 0 unspecified atom stereocenters. The van der Waals surface area contributed by atoms with Gasteiger partial charge in [0.2, 0.25) is 5.88 Å². The number of halogens is 2. The van der Waals surface area contributed by atoms with Gasteiger partial charge in [-0.25, -0.2) is 4.68 Å². The number of rotatable bonds is 4. The van der Waals surface area contributed by atoms with Crippen molar-refractivity contribution in [2.45, 2.75) is 13.5 Å². The minimum absolute atomic E-state index is 0.657. The highest BCUT2D eigenvalue weighted by Gasteiger charge is 2.14. The van der Waals surface area contributed by atoms with Crippen molar-refractivity contribution in [3.05, 3.63) is 38.4 Å². The Labute approximate surface area is 129 Å². The number of anilines is 1. The molecule has 2 rings (SSSR count). The van der Waals surface area contributed by atoms with Gasteiger partial charge in [0.25, 0.3) is 0 Å². The van der Waals surface area contributed by atoms with E-state index in [-0.39, 0.29) is 0 Å². The van der Waals surface area contributed by atoms with Gasteiger partial charge in [-0.05, 0) is 50.9 Å². The maximum atomic E-state index is 5.38. The van der Waals surface area contributed by atoms with Crippen LogP contribution < -0.4 is 10.1 Å². The molecule has 0 aliphatic heterocycles. The third-order valence-corrected chi connectivity index (χ3v) is 4.21. The highest BCUT2D eigenvalue weighted by atomic mass is 79.9. The van der Waals surface area contributed by atoms with Crippen molar-refractivity contribution >= 4 is 37.5 Å². The monoisotopic (exact) mass is 387 g/mol.